The van der Waals surface area contributed by atoms with Gasteiger partial charge < -0.3 is 4.90 Å². The van der Waals surface area contributed by atoms with Crippen molar-refractivity contribution >= 4 is 5.84 Å². The molecule has 0 aliphatic heterocycles. The Labute approximate surface area is 110 Å². The third-order valence-corrected chi connectivity index (χ3v) is 3.84. The maximum atomic E-state index is 8.40. The van der Waals surface area contributed by atoms with E-state index in [9.17, 15) is 0 Å². The molecule has 0 aromatic carbocycles. The van der Waals surface area contributed by atoms with Gasteiger partial charge >= 0.3 is 0 Å². The summed E-state index contributed by atoms with van der Waals surface area (Å²) in [6.45, 7) is 3.89. The van der Waals surface area contributed by atoms with Crippen LogP contribution in [-0.2, 0) is 6.54 Å². The molecule has 3 nitrogen and oxygen atoms in total. The molecule has 3 heteroatoms. The summed E-state index contributed by atoms with van der Waals surface area (Å²) in [7, 11) is 0. The highest BCUT2D eigenvalue weighted by atomic mass is 15.2. The Morgan fingerprint density at radius 2 is 1.94 bits per heavy atom. The maximum Gasteiger partial charge on any atom is 0.0992 e. The fourth-order valence-corrected chi connectivity index (χ4v) is 2.71. The standard InChI is InChI=1S/C15H23N3/c1-2-18(12-13-8-10-17-11-9-13)15(16)14-6-4-3-5-7-14/h8-11,14,16H,2-7,12H2,1H3. The van der Waals surface area contributed by atoms with Crippen molar-refractivity contribution in [2.24, 2.45) is 5.92 Å². The molecule has 2 rings (SSSR count). The zero-order valence-corrected chi connectivity index (χ0v) is 11.2. The SMILES string of the molecule is CCN(Cc1ccncc1)C(=N)C1CCCCC1. The lowest BCUT2D eigenvalue weighted by atomic mass is 9.88. The Hall–Kier alpha value is -1.38. The highest BCUT2D eigenvalue weighted by Crippen LogP contribution is 2.26. The van der Waals surface area contributed by atoms with Crippen LogP contribution in [0.1, 0.15) is 44.6 Å². The number of pyridine rings is 1. The van der Waals surface area contributed by atoms with Crippen molar-refractivity contribution in [1.29, 1.82) is 5.41 Å². The molecule has 18 heavy (non-hydrogen) atoms. The van der Waals surface area contributed by atoms with E-state index in [-0.39, 0.29) is 0 Å². The van der Waals surface area contributed by atoms with Gasteiger partial charge in [-0.2, -0.15) is 0 Å². The van der Waals surface area contributed by atoms with Gasteiger partial charge in [-0.3, -0.25) is 10.4 Å². The molecule has 1 heterocycles. The first-order valence-corrected chi connectivity index (χ1v) is 7.03. The summed E-state index contributed by atoms with van der Waals surface area (Å²) >= 11 is 0. The van der Waals surface area contributed by atoms with Gasteiger partial charge in [0.15, 0.2) is 0 Å². The number of hydrogen-bond acceptors (Lipinski definition) is 2. The molecule has 1 aromatic heterocycles. The lowest BCUT2D eigenvalue weighted by Crippen LogP contribution is -2.35. The molecular formula is C15H23N3. The maximum absolute atomic E-state index is 8.40. The lowest BCUT2D eigenvalue weighted by Gasteiger charge is -2.31. The molecule has 0 bridgehead atoms. The average Bonchev–Trinajstić information content (AvgIpc) is 2.46. The van der Waals surface area contributed by atoms with Crippen LogP contribution < -0.4 is 0 Å². The van der Waals surface area contributed by atoms with Crippen LogP contribution in [0.5, 0.6) is 0 Å². The minimum atomic E-state index is 0.487. The number of nitrogens with zero attached hydrogens (tertiary/aromatic N) is 2. The molecular weight excluding hydrogens is 222 g/mol. The topological polar surface area (TPSA) is 40.0 Å². The Balaban J connectivity index is 1.97. The molecule has 1 aliphatic carbocycles. The Kier molecular flexibility index (Phi) is 4.73. The second-order valence-electron chi connectivity index (χ2n) is 5.09. The quantitative estimate of drug-likeness (QED) is 0.652. The highest BCUT2D eigenvalue weighted by molar-refractivity contribution is 5.81. The number of hydrogen-bond donors (Lipinski definition) is 1. The van der Waals surface area contributed by atoms with E-state index in [1.807, 2.05) is 24.5 Å². The second kappa shape index (κ2) is 6.53. The molecule has 1 fully saturated rings. The smallest absolute Gasteiger partial charge is 0.0992 e. The predicted molar refractivity (Wildman–Crippen MR) is 74.6 cm³/mol. The van der Waals surface area contributed by atoms with E-state index in [1.165, 1.54) is 37.7 Å². The molecule has 0 amide bonds. The summed E-state index contributed by atoms with van der Waals surface area (Å²) in [6.07, 6.45) is 9.98. The van der Waals surface area contributed by atoms with Crippen LogP contribution in [0.25, 0.3) is 0 Å². The van der Waals surface area contributed by atoms with E-state index >= 15 is 0 Å². The van der Waals surface area contributed by atoms with Gasteiger partial charge in [-0.15, -0.1) is 0 Å². The molecule has 1 aromatic rings. The summed E-state index contributed by atoms with van der Waals surface area (Å²) in [6, 6.07) is 4.08. The monoisotopic (exact) mass is 245 g/mol. The highest BCUT2D eigenvalue weighted by Gasteiger charge is 2.21. The molecule has 0 saturated heterocycles. The van der Waals surface area contributed by atoms with E-state index in [4.69, 9.17) is 5.41 Å². The minimum Gasteiger partial charge on any atom is -0.356 e. The molecule has 1 N–H and O–H groups in total. The Morgan fingerprint density at radius 1 is 1.28 bits per heavy atom. The molecule has 0 unspecified atom stereocenters. The van der Waals surface area contributed by atoms with Crippen molar-refractivity contribution in [1.82, 2.24) is 9.88 Å². The van der Waals surface area contributed by atoms with Crippen LogP contribution in [0.3, 0.4) is 0 Å². The molecule has 1 saturated carbocycles. The van der Waals surface area contributed by atoms with Crippen molar-refractivity contribution in [3.63, 3.8) is 0 Å². The third-order valence-electron chi connectivity index (χ3n) is 3.84. The van der Waals surface area contributed by atoms with Gasteiger partial charge in [0.25, 0.3) is 0 Å². The third kappa shape index (κ3) is 3.31. The Bertz CT molecular complexity index is 369. The second-order valence-corrected chi connectivity index (χ2v) is 5.09. The van der Waals surface area contributed by atoms with Gasteiger partial charge in [-0.25, -0.2) is 0 Å². The molecule has 0 atom stereocenters. The summed E-state index contributed by atoms with van der Waals surface area (Å²) in [5.74, 6) is 1.33. The fraction of sp³-hybridized carbons (Fsp3) is 0.600. The summed E-state index contributed by atoms with van der Waals surface area (Å²) in [5, 5.41) is 8.40. The predicted octanol–water partition coefficient (Wildman–Crippen LogP) is 3.46. The number of aromatic nitrogens is 1. The van der Waals surface area contributed by atoms with E-state index < -0.39 is 0 Å². The van der Waals surface area contributed by atoms with Gasteiger partial charge in [-0.05, 0) is 37.5 Å². The van der Waals surface area contributed by atoms with Crippen LogP contribution >= 0.6 is 0 Å². The summed E-state index contributed by atoms with van der Waals surface area (Å²) in [4.78, 5) is 6.24. The first-order chi connectivity index (χ1) is 8.81. The first-order valence-electron chi connectivity index (χ1n) is 7.03. The molecule has 1 aliphatic rings. The van der Waals surface area contributed by atoms with Crippen LogP contribution in [0.2, 0.25) is 0 Å². The minimum absolute atomic E-state index is 0.487. The van der Waals surface area contributed by atoms with Gasteiger partial charge in [0, 0.05) is 31.4 Å². The van der Waals surface area contributed by atoms with Crippen molar-refractivity contribution in [2.75, 3.05) is 6.54 Å². The van der Waals surface area contributed by atoms with Crippen molar-refractivity contribution in [2.45, 2.75) is 45.6 Å². The largest absolute Gasteiger partial charge is 0.356 e. The van der Waals surface area contributed by atoms with Gasteiger partial charge in [0.2, 0.25) is 0 Å². The zero-order chi connectivity index (χ0) is 12.8. The van der Waals surface area contributed by atoms with E-state index in [0.717, 1.165) is 18.9 Å². The van der Waals surface area contributed by atoms with Crippen LogP contribution in [0.15, 0.2) is 24.5 Å². The van der Waals surface area contributed by atoms with Gasteiger partial charge in [-0.1, -0.05) is 19.3 Å². The first kappa shape index (κ1) is 13.1. The molecule has 98 valence electrons. The molecule has 0 spiro atoms. The normalized spacial score (nSPS) is 16.5. The van der Waals surface area contributed by atoms with Crippen molar-refractivity contribution < 1.29 is 0 Å². The van der Waals surface area contributed by atoms with Gasteiger partial charge in [0.1, 0.15) is 0 Å². The number of amidine groups is 1. The summed E-state index contributed by atoms with van der Waals surface area (Å²) in [5.41, 5.74) is 1.24. The van der Waals surface area contributed by atoms with Crippen molar-refractivity contribution in [3.8, 4) is 0 Å². The van der Waals surface area contributed by atoms with E-state index in [2.05, 4.69) is 16.8 Å². The fourth-order valence-electron chi connectivity index (χ4n) is 2.71. The molecule has 0 radical (unpaired) electrons. The van der Waals surface area contributed by atoms with Crippen LogP contribution in [0, 0.1) is 11.3 Å². The van der Waals surface area contributed by atoms with E-state index in [1.54, 1.807) is 0 Å². The Morgan fingerprint density at radius 3 is 2.56 bits per heavy atom. The summed E-state index contributed by atoms with van der Waals surface area (Å²) < 4.78 is 0. The van der Waals surface area contributed by atoms with E-state index in [0.29, 0.717) is 5.92 Å². The van der Waals surface area contributed by atoms with Crippen molar-refractivity contribution in [3.05, 3.63) is 30.1 Å². The average molecular weight is 245 g/mol. The zero-order valence-electron chi connectivity index (χ0n) is 11.2. The van der Waals surface area contributed by atoms with Crippen LogP contribution in [-0.4, -0.2) is 22.3 Å². The van der Waals surface area contributed by atoms with Crippen LogP contribution in [0.4, 0.5) is 0 Å². The number of rotatable bonds is 4. The lowest BCUT2D eigenvalue weighted by molar-refractivity contribution is 0.357. The van der Waals surface area contributed by atoms with Gasteiger partial charge in [0.05, 0.1) is 5.84 Å². The number of nitrogens with one attached hydrogen (secondary N) is 1.